The molecule has 1 N–H and O–H groups in total. The Kier molecular flexibility index (Phi) is 6.65. The summed E-state index contributed by atoms with van der Waals surface area (Å²) in [6.45, 7) is 2.77. The predicted octanol–water partition coefficient (Wildman–Crippen LogP) is 0.921. The molecule has 0 atom stereocenters. The Hall–Kier alpha value is -2.31. The highest BCUT2D eigenvalue weighted by molar-refractivity contribution is 5.80. The average Bonchev–Trinajstić information content (AvgIpc) is 2.62. The van der Waals surface area contributed by atoms with E-state index in [0.29, 0.717) is 13.2 Å². The number of esters is 1. The number of carbonyl (C=O) groups excluding carboxylic acids is 1. The standard InChI is InChI=1S/C16H24N4O3/c1-17-16(19-8-11-23-14-4-3-7-18-12-14)20-9-5-13(6-10-20)15(21)22-2/h3-4,7,12-13H,5-6,8-11H2,1-2H3,(H,17,19). The molecule has 1 saturated heterocycles. The molecule has 7 nitrogen and oxygen atoms in total. The van der Waals surface area contributed by atoms with Gasteiger partial charge in [0.05, 0.1) is 25.8 Å². The first-order chi connectivity index (χ1) is 11.2. The number of pyridine rings is 1. The minimum absolute atomic E-state index is 0.00303. The van der Waals surface area contributed by atoms with Gasteiger partial charge in [0.15, 0.2) is 5.96 Å². The van der Waals surface area contributed by atoms with Crippen molar-refractivity contribution in [3.8, 4) is 5.75 Å². The molecule has 0 unspecified atom stereocenters. The minimum atomic E-state index is -0.113. The topological polar surface area (TPSA) is 76.1 Å². The van der Waals surface area contributed by atoms with Crippen molar-refractivity contribution in [3.05, 3.63) is 24.5 Å². The van der Waals surface area contributed by atoms with Crippen LogP contribution >= 0.6 is 0 Å². The molecule has 1 fully saturated rings. The van der Waals surface area contributed by atoms with Gasteiger partial charge in [-0.3, -0.25) is 14.8 Å². The number of hydrogen-bond donors (Lipinski definition) is 1. The van der Waals surface area contributed by atoms with Gasteiger partial charge in [-0.25, -0.2) is 0 Å². The number of methoxy groups -OCH3 is 1. The number of ether oxygens (including phenoxy) is 2. The number of rotatable bonds is 5. The Morgan fingerprint density at radius 2 is 2.26 bits per heavy atom. The normalized spacial score (nSPS) is 16.1. The molecule has 1 aromatic heterocycles. The van der Waals surface area contributed by atoms with Crippen LogP contribution in [0.25, 0.3) is 0 Å². The maximum atomic E-state index is 11.6. The number of carbonyl (C=O) groups is 1. The highest BCUT2D eigenvalue weighted by atomic mass is 16.5. The zero-order chi connectivity index (χ0) is 16.5. The summed E-state index contributed by atoms with van der Waals surface area (Å²) < 4.78 is 10.4. The van der Waals surface area contributed by atoms with Crippen molar-refractivity contribution in [3.63, 3.8) is 0 Å². The van der Waals surface area contributed by atoms with Crippen molar-refractivity contribution < 1.29 is 14.3 Å². The van der Waals surface area contributed by atoms with E-state index < -0.39 is 0 Å². The zero-order valence-electron chi connectivity index (χ0n) is 13.7. The van der Waals surface area contributed by atoms with Crippen molar-refractivity contribution in [2.45, 2.75) is 12.8 Å². The summed E-state index contributed by atoms with van der Waals surface area (Å²) in [6, 6.07) is 3.71. The van der Waals surface area contributed by atoms with Crippen LogP contribution in [0, 0.1) is 5.92 Å². The summed E-state index contributed by atoms with van der Waals surface area (Å²) in [6.07, 6.45) is 4.98. The number of nitrogens with one attached hydrogen (secondary N) is 1. The van der Waals surface area contributed by atoms with Crippen LogP contribution < -0.4 is 10.1 Å². The number of aromatic nitrogens is 1. The van der Waals surface area contributed by atoms with Crippen molar-refractivity contribution in [2.24, 2.45) is 10.9 Å². The first-order valence-electron chi connectivity index (χ1n) is 7.81. The lowest BCUT2D eigenvalue weighted by Gasteiger charge is -2.33. The molecule has 0 bridgehead atoms. The van der Waals surface area contributed by atoms with E-state index in [2.05, 4.69) is 20.2 Å². The molecule has 0 radical (unpaired) electrons. The third kappa shape index (κ3) is 5.12. The van der Waals surface area contributed by atoms with Crippen LogP contribution in [0.1, 0.15) is 12.8 Å². The van der Waals surface area contributed by atoms with E-state index in [4.69, 9.17) is 9.47 Å². The van der Waals surface area contributed by atoms with E-state index in [-0.39, 0.29) is 11.9 Å². The van der Waals surface area contributed by atoms with Crippen molar-refractivity contribution in [1.82, 2.24) is 15.2 Å². The summed E-state index contributed by atoms with van der Waals surface area (Å²) in [5.41, 5.74) is 0. The van der Waals surface area contributed by atoms with Crippen molar-refractivity contribution in [1.29, 1.82) is 0 Å². The van der Waals surface area contributed by atoms with Gasteiger partial charge < -0.3 is 19.7 Å². The van der Waals surface area contributed by atoms with Gasteiger partial charge in [-0.05, 0) is 25.0 Å². The van der Waals surface area contributed by atoms with E-state index in [9.17, 15) is 4.79 Å². The van der Waals surface area contributed by atoms with E-state index in [0.717, 1.165) is 37.6 Å². The second-order valence-corrected chi connectivity index (χ2v) is 5.30. The minimum Gasteiger partial charge on any atom is -0.490 e. The van der Waals surface area contributed by atoms with Gasteiger partial charge in [-0.2, -0.15) is 0 Å². The Labute approximate surface area is 136 Å². The number of nitrogens with zero attached hydrogens (tertiary/aromatic N) is 3. The molecule has 1 aromatic rings. The van der Waals surface area contributed by atoms with Crippen LogP contribution in [-0.4, -0.2) is 62.2 Å². The maximum Gasteiger partial charge on any atom is 0.308 e. The van der Waals surface area contributed by atoms with Crippen LogP contribution in [-0.2, 0) is 9.53 Å². The molecular formula is C16H24N4O3. The molecule has 2 heterocycles. The van der Waals surface area contributed by atoms with Gasteiger partial charge in [0, 0.05) is 26.3 Å². The first kappa shape index (κ1) is 17.1. The SMILES string of the molecule is CN=C(NCCOc1cccnc1)N1CCC(C(=O)OC)CC1. The zero-order valence-corrected chi connectivity index (χ0v) is 13.7. The second-order valence-electron chi connectivity index (χ2n) is 5.30. The molecule has 1 aliphatic rings. The highest BCUT2D eigenvalue weighted by Gasteiger charge is 2.26. The third-order valence-electron chi connectivity index (χ3n) is 3.83. The summed E-state index contributed by atoms with van der Waals surface area (Å²) >= 11 is 0. The Morgan fingerprint density at radius 1 is 1.48 bits per heavy atom. The number of hydrogen-bond acceptors (Lipinski definition) is 5. The molecule has 23 heavy (non-hydrogen) atoms. The molecule has 0 spiro atoms. The average molecular weight is 320 g/mol. The van der Waals surface area contributed by atoms with Gasteiger partial charge >= 0.3 is 5.97 Å². The van der Waals surface area contributed by atoms with E-state index >= 15 is 0 Å². The Morgan fingerprint density at radius 3 is 2.87 bits per heavy atom. The van der Waals surface area contributed by atoms with Gasteiger partial charge in [0.1, 0.15) is 12.4 Å². The fourth-order valence-electron chi connectivity index (χ4n) is 2.59. The van der Waals surface area contributed by atoms with Crippen LogP contribution in [0.3, 0.4) is 0 Å². The van der Waals surface area contributed by atoms with Crippen molar-refractivity contribution >= 4 is 11.9 Å². The molecule has 0 aliphatic carbocycles. The Bertz CT molecular complexity index is 513. The van der Waals surface area contributed by atoms with E-state index in [1.165, 1.54) is 7.11 Å². The monoisotopic (exact) mass is 320 g/mol. The summed E-state index contributed by atoms with van der Waals surface area (Å²) in [7, 11) is 3.20. The molecule has 1 aliphatic heterocycles. The molecule has 126 valence electrons. The second kappa shape index (κ2) is 8.97. The van der Waals surface area contributed by atoms with Crippen LogP contribution in [0.2, 0.25) is 0 Å². The Balaban J connectivity index is 1.71. The molecule has 2 rings (SSSR count). The third-order valence-corrected chi connectivity index (χ3v) is 3.83. The maximum absolute atomic E-state index is 11.6. The van der Waals surface area contributed by atoms with Gasteiger partial charge in [0.2, 0.25) is 0 Å². The number of aliphatic imine (C=N–C) groups is 1. The number of guanidine groups is 1. The van der Waals surface area contributed by atoms with E-state index in [1.54, 1.807) is 19.4 Å². The predicted molar refractivity (Wildman–Crippen MR) is 87.4 cm³/mol. The fourth-order valence-corrected chi connectivity index (χ4v) is 2.59. The lowest BCUT2D eigenvalue weighted by Crippen LogP contribution is -2.47. The van der Waals surface area contributed by atoms with Crippen LogP contribution in [0.15, 0.2) is 29.5 Å². The molecular weight excluding hydrogens is 296 g/mol. The number of piperidine rings is 1. The van der Waals surface area contributed by atoms with Crippen molar-refractivity contribution in [2.75, 3.05) is 40.4 Å². The first-order valence-corrected chi connectivity index (χ1v) is 7.81. The lowest BCUT2D eigenvalue weighted by atomic mass is 9.97. The van der Waals surface area contributed by atoms with Gasteiger partial charge in [-0.1, -0.05) is 0 Å². The molecule has 0 aromatic carbocycles. The number of likely N-dealkylation sites (tertiary alicyclic amines) is 1. The lowest BCUT2D eigenvalue weighted by molar-refractivity contribution is -0.146. The van der Waals surface area contributed by atoms with Gasteiger partial charge in [-0.15, -0.1) is 0 Å². The summed E-state index contributed by atoms with van der Waals surface area (Å²) in [4.78, 5) is 22.0. The molecule has 7 heteroatoms. The van der Waals surface area contributed by atoms with Crippen LogP contribution in [0.4, 0.5) is 0 Å². The quantitative estimate of drug-likeness (QED) is 0.376. The summed E-state index contributed by atoms with van der Waals surface area (Å²) in [5, 5.41) is 3.28. The van der Waals surface area contributed by atoms with Gasteiger partial charge in [0.25, 0.3) is 0 Å². The van der Waals surface area contributed by atoms with Crippen LogP contribution in [0.5, 0.6) is 5.75 Å². The van der Waals surface area contributed by atoms with E-state index in [1.807, 2.05) is 12.1 Å². The summed E-state index contributed by atoms with van der Waals surface area (Å²) in [5.74, 6) is 1.48. The smallest absolute Gasteiger partial charge is 0.308 e. The molecule has 0 saturated carbocycles. The molecule has 0 amide bonds. The fraction of sp³-hybridized carbons (Fsp3) is 0.562. The highest BCUT2D eigenvalue weighted by Crippen LogP contribution is 2.18. The largest absolute Gasteiger partial charge is 0.490 e.